The topological polar surface area (TPSA) is 41.6 Å². The number of ether oxygens (including phenoxy) is 1. The molecule has 1 amide bonds. The minimum atomic E-state index is 0.0954. The molecule has 1 saturated heterocycles. The number of rotatable bonds is 5. The minimum absolute atomic E-state index is 0.0954. The Balaban J connectivity index is 1.62. The van der Waals surface area contributed by atoms with Crippen LogP contribution in [0.25, 0.3) is 0 Å². The highest BCUT2D eigenvalue weighted by atomic mass is 16.5. The Kier molecular flexibility index (Phi) is 5.71. The van der Waals surface area contributed by atoms with Gasteiger partial charge in [0.1, 0.15) is 0 Å². The van der Waals surface area contributed by atoms with Crippen LogP contribution in [0, 0.1) is 0 Å². The Labute approximate surface area is 149 Å². The second-order valence-electron chi connectivity index (χ2n) is 6.73. The number of anilines is 1. The standard InChI is InChI=1S/C21H26N2O2/c1-16-14-23(15-17(2)25-16)21(24)13-22-20-11-7-6-10-19(20)12-18-8-4-3-5-9-18/h3-11,16-17,22H,12-15H2,1-2H3. The number of hydrogen-bond acceptors (Lipinski definition) is 3. The summed E-state index contributed by atoms with van der Waals surface area (Å²) in [5.74, 6) is 0.122. The molecule has 2 atom stereocenters. The molecule has 0 saturated carbocycles. The Hall–Kier alpha value is -2.33. The van der Waals surface area contributed by atoms with Gasteiger partial charge in [0, 0.05) is 18.8 Å². The zero-order valence-corrected chi connectivity index (χ0v) is 14.9. The minimum Gasteiger partial charge on any atom is -0.376 e. The van der Waals surface area contributed by atoms with E-state index in [1.807, 2.05) is 43.0 Å². The van der Waals surface area contributed by atoms with Gasteiger partial charge in [-0.2, -0.15) is 0 Å². The first-order valence-electron chi connectivity index (χ1n) is 8.91. The van der Waals surface area contributed by atoms with E-state index in [1.165, 1.54) is 11.1 Å². The van der Waals surface area contributed by atoms with Crippen LogP contribution in [-0.2, 0) is 16.0 Å². The number of morpholine rings is 1. The molecule has 25 heavy (non-hydrogen) atoms. The molecule has 2 aromatic rings. The average Bonchev–Trinajstić information content (AvgIpc) is 2.61. The number of nitrogens with one attached hydrogen (secondary N) is 1. The van der Waals surface area contributed by atoms with Gasteiger partial charge in [-0.3, -0.25) is 4.79 Å². The van der Waals surface area contributed by atoms with E-state index in [0.717, 1.165) is 12.1 Å². The van der Waals surface area contributed by atoms with E-state index in [4.69, 9.17) is 4.74 Å². The van der Waals surface area contributed by atoms with Crippen molar-refractivity contribution in [3.8, 4) is 0 Å². The van der Waals surface area contributed by atoms with Crippen LogP contribution in [0.3, 0.4) is 0 Å². The van der Waals surface area contributed by atoms with Crippen LogP contribution in [0.1, 0.15) is 25.0 Å². The van der Waals surface area contributed by atoms with Crippen molar-refractivity contribution in [3.05, 3.63) is 65.7 Å². The highest BCUT2D eigenvalue weighted by Gasteiger charge is 2.25. The smallest absolute Gasteiger partial charge is 0.242 e. The summed E-state index contributed by atoms with van der Waals surface area (Å²) in [7, 11) is 0. The third-order valence-electron chi connectivity index (χ3n) is 4.46. The molecule has 132 valence electrons. The first kappa shape index (κ1) is 17.5. The van der Waals surface area contributed by atoms with Crippen LogP contribution in [0.5, 0.6) is 0 Å². The number of hydrogen-bond donors (Lipinski definition) is 1. The van der Waals surface area contributed by atoms with E-state index in [0.29, 0.717) is 19.6 Å². The van der Waals surface area contributed by atoms with Crippen molar-refractivity contribution in [3.63, 3.8) is 0 Å². The fourth-order valence-corrected chi connectivity index (χ4v) is 3.33. The van der Waals surface area contributed by atoms with Gasteiger partial charge in [-0.1, -0.05) is 48.5 Å². The van der Waals surface area contributed by atoms with Gasteiger partial charge in [0.2, 0.25) is 5.91 Å². The van der Waals surface area contributed by atoms with Crippen LogP contribution >= 0.6 is 0 Å². The second kappa shape index (κ2) is 8.17. The lowest BCUT2D eigenvalue weighted by atomic mass is 10.0. The van der Waals surface area contributed by atoms with Gasteiger partial charge >= 0.3 is 0 Å². The van der Waals surface area contributed by atoms with Crippen LogP contribution in [0.15, 0.2) is 54.6 Å². The van der Waals surface area contributed by atoms with E-state index in [2.05, 4.69) is 35.6 Å². The number of nitrogens with zero attached hydrogens (tertiary/aromatic N) is 1. The monoisotopic (exact) mass is 338 g/mol. The predicted molar refractivity (Wildman–Crippen MR) is 101 cm³/mol. The molecular weight excluding hydrogens is 312 g/mol. The normalized spacial score (nSPS) is 20.3. The summed E-state index contributed by atoms with van der Waals surface area (Å²) in [5.41, 5.74) is 3.48. The van der Waals surface area contributed by atoms with Crippen molar-refractivity contribution < 1.29 is 9.53 Å². The molecule has 1 aliphatic heterocycles. The Bertz CT molecular complexity index is 692. The van der Waals surface area contributed by atoms with Crippen LogP contribution in [0.2, 0.25) is 0 Å². The number of benzene rings is 2. The first-order valence-corrected chi connectivity index (χ1v) is 8.91. The number of carbonyl (C=O) groups is 1. The SMILES string of the molecule is CC1CN(C(=O)CNc2ccccc2Cc2ccccc2)CC(C)O1. The molecule has 4 heteroatoms. The van der Waals surface area contributed by atoms with Gasteiger partial charge in [0.15, 0.2) is 0 Å². The largest absolute Gasteiger partial charge is 0.376 e. The molecule has 1 heterocycles. The molecule has 4 nitrogen and oxygen atoms in total. The van der Waals surface area contributed by atoms with E-state index >= 15 is 0 Å². The van der Waals surface area contributed by atoms with Crippen molar-refractivity contribution in [1.82, 2.24) is 4.90 Å². The van der Waals surface area contributed by atoms with Gasteiger partial charge in [-0.15, -0.1) is 0 Å². The van der Waals surface area contributed by atoms with E-state index in [-0.39, 0.29) is 18.1 Å². The summed E-state index contributed by atoms with van der Waals surface area (Å²) in [4.78, 5) is 14.4. The molecule has 2 unspecified atom stereocenters. The summed E-state index contributed by atoms with van der Waals surface area (Å²) in [6.45, 7) is 5.66. The lowest BCUT2D eigenvalue weighted by Gasteiger charge is -2.35. The molecular formula is C21H26N2O2. The lowest BCUT2D eigenvalue weighted by Crippen LogP contribution is -2.49. The number of carbonyl (C=O) groups excluding carboxylic acids is 1. The molecule has 0 aliphatic carbocycles. The summed E-state index contributed by atoms with van der Waals surface area (Å²) >= 11 is 0. The fourth-order valence-electron chi connectivity index (χ4n) is 3.33. The third kappa shape index (κ3) is 4.83. The molecule has 1 N–H and O–H groups in total. The zero-order chi connectivity index (χ0) is 17.6. The number of amides is 1. The van der Waals surface area contributed by atoms with Crippen molar-refractivity contribution in [1.29, 1.82) is 0 Å². The van der Waals surface area contributed by atoms with Gasteiger partial charge < -0.3 is 15.0 Å². The van der Waals surface area contributed by atoms with Crippen molar-refractivity contribution >= 4 is 11.6 Å². The molecule has 1 aliphatic rings. The first-order chi connectivity index (χ1) is 12.1. The molecule has 0 aromatic heterocycles. The Morgan fingerprint density at radius 2 is 1.68 bits per heavy atom. The van der Waals surface area contributed by atoms with E-state index in [9.17, 15) is 4.79 Å². The van der Waals surface area contributed by atoms with Gasteiger partial charge in [-0.25, -0.2) is 0 Å². The average molecular weight is 338 g/mol. The summed E-state index contributed by atoms with van der Waals surface area (Å²) < 4.78 is 5.70. The number of para-hydroxylation sites is 1. The Morgan fingerprint density at radius 1 is 1.04 bits per heavy atom. The van der Waals surface area contributed by atoms with Crippen molar-refractivity contribution in [2.24, 2.45) is 0 Å². The molecule has 2 aromatic carbocycles. The highest BCUT2D eigenvalue weighted by Crippen LogP contribution is 2.19. The summed E-state index contributed by atoms with van der Waals surface area (Å²) in [6, 6.07) is 18.6. The molecule has 1 fully saturated rings. The Morgan fingerprint density at radius 3 is 2.40 bits per heavy atom. The van der Waals surface area contributed by atoms with Gasteiger partial charge in [0.25, 0.3) is 0 Å². The van der Waals surface area contributed by atoms with Crippen molar-refractivity contribution in [2.75, 3.05) is 25.0 Å². The van der Waals surface area contributed by atoms with Gasteiger partial charge in [-0.05, 0) is 37.5 Å². The molecule has 0 spiro atoms. The van der Waals surface area contributed by atoms with Crippen LogP contribution in [0.4, 0.5) is 5.69 Å². The summed E-state index contributed by atoms with van der Waals surface area (Å²) in [5, 5.41) is 3.33. The maximum absolute atomic E-state index is 12.5. The molecule has 0 bridgehead atoms. The second-order valence-corrected chi connectivity index (χ2v) is 6.73. The maximum Gasteiger partial charge on any atom is 0.242 e. The summed E-state index contributed by atoms with van der Waals surface area (Å²) in [6.07, 6.45) is 1.04. The fraction of sp³-hybridized carbons (Fsp3) is 0.381. The molecule has 3 rings (SSSR count). The predicted octanol–water partition coefficient (Wildman–Crippen LogP) is 3.33. The van der Waals surface area contributed by atoms with Crippen molar-refractivity contribution in [2.45, 2.75) is 32.5 Å². The van der Waals surface area contributed by atoms with Crippen LogP contribution in [-0.4, -0.2) is 42.6 Å². The van der Waals surface area contributed by atoms with Gasteiger partial charge in [0.05, 0.1) is 18.8 Å². The quantitative estimate of drug-likeness (QED) is 0.909. The molecule has 0 radical (unpaired) electrons. The van der Waals surface area contributed by atoms with E-state index in [1.54, 1.807) is 0 Å². The van der Waals surface area contributed by atoms with E-state index < -0.39 is 0 Å². The lowest BCUT2D eigenvalue weighted by molar-refractivity contribution is -0.141. The highest BCUT2D eigenvalue weighted by molar-refractivity contribution is 5.81. The third-order valence-corrected chi connectivity index (χ3v) is 4.46. The maximum atomic E-state index is 12.5. The zero-order valence-electron chi connectivity index (χ0n) is 14.9. The van der Waals surface area contributed by atoms with Crippen LogP contribution < -0.4 is 5.32 Å².